The number of aromatic nitrogens is 1. The number of hydrogen-bond acceptors (Lipinski definition) is 5. The van der Waals surface area contributed by atoms with Crippen LogP contribution in [0.4, 0.5) is 5.69 Å². The summed E-state index contributed by atoms with van der Waals surface area (Å²) in [6.45, 7) is 7.83. The number of nitrogens with one attached hydrogen (secondary N) is 2. The topological polar surface area (TPSA) is 95.8 Å². The molecule has 2 aromatic carbocycles. The first-order chi connectivity index (χ1) is 17.1. The van der Waals surface area contributed by atoms with E-state index in [1.54, 1.807) is 24.3 Å². The molecule has 2 N–H and O–H groups in total. The van der Waals surface area contributed by atoms with Gasteiger partial charge < -0.3 is 9.88 Å². The van der Waals surface area contributed by atoms with Crippen molar-refractivity contribution in [3.05, 3.63) is 81.6 Å². The molecule has 0 spiro atoms. The molecule has 1 aliphatic rings. The number of anilines is 1. The SMILES string of the molecule is Cc1ccc(N2C(=O)[C@H](/C=N\NC(=O)c3ccc(-n4c(C)ccc4C)cc3Cl)C(=O)NC2=S)cc1C. The number of nitrogens with zero attached hydrogens (tertiary/aromatic N) is 3. The summed E-state index contributed by atoms with van der Waals surface area (Å²) >= 11 is 11.6. The van der Waals surface area contributed by atoms with Crippen LogP contribution < -0.4 is 15.6 Å². The molecule has 1 aliphatic heterocycles. The van der Waals surface area contributed by atoms with E-state index in [9.17, 15) is 14.4 Å². The van der Waals surface area contributed by atoms with Crippen molar-refractivity contribution in [3.63, 3.8) is 0 Å². The van der Waals surface area contributed by atoms with E-state index in [1.165, 1.54) is 4.90 Å². The Kier molecular flexibility index (Phi) is 7.05. The minimum absolute atomic E-state index is 0.0121. The molecule has 0 radical (unpaired) electrons. The largest absolute Gasteiger partial charge is 0.318 e. The highest BCUT2D eigenvalue weighted by Crippen LogP contribution is 2.24. The number of carbonyl (C=O) groups is 3. The zero-order valence-corrected chi connectivity index (χ0v) is 21.7. The van der Waals surface area contributed by atoms with Crippen LogP contribution in [0.15, 0.2) is 53.6 Å². The van der Waals surface area contributed by atoms with E-state index in [4.69, 9.17) is 23.8 Å². The number of amides is 3. The number of hydrazone groups is 1. The van der Waals surface area contributed by atoms with E-state index >= 15 is 0 Å². The van der Waals surface area contributed by atoms with Gasteiger partial charge in [0.05, 0.1) is 16.3 Å². The van der Waals surface area contributed by atoms with Gasteiger partial charge in [0.2, 0.25) is 5.91 Å². The van der Waals surface area contributed by atoms with Gasteiger partial charge in [0, 0.05) is 23.3 Å². The molecule has 3 amide bonds. The van der Waals surface area contributed by atoms with E-state index in [0.717, 1.165) is 34.4 Å². The van der Waals surface area contributed by atoms with Gasteiger partial charge in [-0.2, -0.15) is 5.10 Å². The van der Waals surface area contributed by atoms with Crippen molar-refractivity contribution in [2.24, 2.45) is 11.0 Å². The molecule has 36 heavy (non-hydrogen) atoms. The second-order valence-electron chi connectivity index (χ2n) is 8.55. The van der Waals surface area contributed by atoms with Gasteiger partial charge in [-0.3, -0.25) is 19.3 Å². The van der Waals surface area contributed by atoms with Crippen LogP contribution in [0.2, 0.25) is 5.02 Å². The van der Waals surface area contributed by atoms with Crippen molar-refractivity contribution in [2.75, 3.05) is 4.90 Å². The summed E-state index contributed by atoms with van der Waals surface area (Å²) in [5, 5.41) is 6.61. The predicted octanol–water partition coefficient (Wildman–Crippen LogP) is 4.14. The maximum absolute atomic E-state index is 13.1. The zero-order valence-electron chi connectivity index (χ0n) is 20.1. The Morgan fingerprint density at radius 1 is 1.00 bits per heavy atom. The van der Waals surface area contributed by atoms with Crippen LogP contribution >= 0.6 is 23.8 Å². The van der Waals surface area contributed by atoms with Gasteiger partial charge in [-0.05, 0) is 93.5 Å². The summed E-state index contributed by atoms with van der Waals surface area (Å²) in [6, 6.07) is 14.5. The molecule has 1 saturated heterocycles. The molecule has 8 nitrogen and oxygen atoms in total. The molecule has 1 aromatic heterocycles. The van der Waals surface area contributed by atoms with E-state index in [1.807, 2.05) is 56.5 Å². The quantitative estimate of drug-likeness (QED) is 0.228. The summed E-state index contributed by atoms with van der Waals surface area (Å²) in [6.07, 6.45) is 1.08. The van der Waals surface area contributed by atoms with Gasteiger partial charge in [-0.15, -0.1) is 0 Å². The molecule has 184 valence electrons. The Hall–Kier alpha value is -3.82. The van der Waals surface area contributed by atoms with Gasteiger partial charge in [0.15, 0.2) is 11.0 Å². The number of carbonyl (C=O) groups excluding carboxylic acids is 3. The molecular formula is C26H24ClN5O3S. The molecule has 3 aromatic rings. The molecular weight excluding hydrogens is 498 g/mol. The maximum Gasteiger partial charge on any atom is 0.272 e. The highest BCUT2D eigenvalue weighted by molar-refractivity contribution is 7.80. The normalized spacial score (nSPS) is 16.0. The van der Waals surface area contributed by atoms with Crippen LogP contribution in [0.5, 0.6) is 0 Å². The lowest BCUT2D eigenvalue weighted by Gasteiger charge is -2.31. The predicted molar refractivity (Wildman–Crippen MR) is 144 cm³/mol. The molecule has 1 fully saturated rings. The lowest BCUT2D eigenvalue weighted by molar-refractivity contribution is -0.130. The second-order valence-corrected chi connectivity index (χ2v) is 9.34. The maximum atomic E-state index is 13.1. The summed E-state index contributed by atoms with van der Waals surface area (Å²) in [5.41, 5.74) is 8.02. The minimum Gasteiger partial charge on any atom is -0.318 e. The van der Waals surface area contributed by atoms with Crippen LogP contribution in [-0.2, 0) is 9.59 Å². The number of rotatable bonds is 5. The van der Waals surface area contributed by atoms with Gasteiger partial charge >= 0.3 is 0 Å². The first-order valence-electron chi connectivity index (χ1n) is 11.1. The second kappa shape index (κ2) is 10.0. The molecule has 4 rings (SSSR count). The number of benzene rings is 2. The number of halogens is 1. The van der Waals surface area contributed by atoms with Crippen LogP contribution in [0, 0.1) is 33.6 Å². The van der Waals surface area contributed by atoms with Crippen molar-refractivity contribution in [3.8, 4) is 5.69 Å². The third-order valence-corrected chi connectivity index (χ3v) is 6.66. The van der Waals surface area contributed by atoms with Gasteiger partial charge in [-0.25, -0.2) is 5.43 Å². The van der Waals surface area contributed by atoms with Gasteiger partial charge in [0.25, 0.3) is 11.8 Å². The van der Waals surface area contributed by atoms with E-state index in [-0.39, 0.29) is 15.7 Å². The van der Waals surface area contributed by atoms with Crippen LogP contribution in [0.1, 0.15) is 32.9 Å². The van der Waals surface area contributed by atoms with Gasteiger partial charge in [-0.1, -0.05) is 17.7 Å². The highest BCUT2D eigenvalue weighted by atomic mass is 35.5. The van der Waals surface area contributed by atoms with Crippen LogP contribution in [0.3, 0.4) is 0 Å². The molecule has 2 heterocycles. The summed E-state index contributed by atoms with van der Waals surface area (Å²) in [4.78, 5) is 39.5. The summed E-state index contributed by atoms with van der Waals surface area (Å²) < 4.78 is 2.02. The fourth-order valence-electron chi connectivity index (χ4n) is 3.96. The smallest absolute Gasteiger partial charge is 0.272 e. The minimum atomic E-state index is -1.27. The van der Waals surface area contributed by atoms with E-state index in [0.29, 0.717) is 5.69 Å². The first-order valence-corrected chi connectivity index (χ1v) is 11.9. The average Bonchev–Trinajstić information content (AvgIpc) is 3.15. The Morgan fingerprint density at radius 2 is 1.67 bits per heavy atom. The Bertz CT molecular complexity index is 1430. The monoisotopic (exact) mass is 521 g/mol. The Morgan fingerprint density at radius 3 is 2.31 bits per heavy atom. The number of aryl methyl sites for hydroxylation is 4. The van der Waals surface area contributed by atoms with Crippen LogP contribution in [-0.4, -0.2) is 33.6 Å². The zero-order chi connectivity index (χ0) is 26.1. The highest BCUT2D eigenvalue weighted by Gasteiger charge is 2.38. The lowest BCUT2D eigenvalue weighted by atomic mass is 10.0. The van der Waals surface area contributed by atoms with E-state index < -0.39 is 23.6 Å². The van der Waals surface area contributed by atoms with Crippen molar-refractivity contribution in [1.29, 1.82) is 0 Å². The Balaban J connectivity index is 1.50. The molecule has 0 bridgehead atoms. The third-order valence-electron chi connectivity index (χ3n) is 6.07. The Labute approximate surface area is 218 Å². The van der Waals surface area contributed by atoms with Crippen molar-refractivity contribution in [2.45, 2.75) is 27.7 Å². The fraction of sp³-hybridized carbons (Fsp3) is 0.192. The van der Waals surface area contributed by atoms with Crippen molar-refractivity contribution >= 4 is 58.6 Å². The van der Waals surface area contributed by atoms with Crippen molar-refractivity contribution in [1.82, 2.24) is 15.3 Å². The lowest BCUT2D eigenvalue weighted by Crippen LogP contribution is -2.58. The fourth-order valence-corrected chi connectivity index (χ4v) is 4.52. The third kappa shape index (κ3) is 4.80. The molecule has 0 unspecified atom stereocenters. The molecule has 10 heteroatoms. The summed E-state index contributed by atoms with van der Waals surface area (Å²) in [7, 11) is 0. The standard InChI is InChI=1S/C26H24ClN5O3S/c1-14-5-8-18(11-15(14)2)32-25(35)21(23(33)29-26(32)36)13-28-30-24(34)20-10-9-19(12-22(20)27)31-16(3)6-7-17(31)4/h5-13,21H,1-4H3,(H,30,34)(H,29,33,36)/b28-13-/t21-/m1/s1. The summed E-state index contributed by atoms with van der Waals surface area (Å²) in [5.74, 6) is -3.03. The number of thiocarbonyl (C=S) groups is 1. The first kappa shape index (κ1) is 25.3. The molecule has 0 aliphatic carbocycles. The van der Waals surface area contributed by atoms with E-state index in [2.05, 4.69) is 15.8 Å². The van der Waals surface area contributed by atoms with Crippen LogP contribution in [0.25, 0.3) is 5.69 Å². The van der Waals surface area contributed by atoms with Crippen molar-refractivity contribution < 1.29 is 14.4 Å². The average molecular weight is 522 g/mol. The number of hydrogen-bond donors (Lipinski definition) is 2. The van der Waals surface area contributed by atoms with Gasteiger partial charge in [0.1, 0.15) is 0 Å². The molecule has 0 saturated carbocycles. The molecule has 1 atom stereocenters.